The minimum absolute atomic E-state index is 0.0806. The molecule has 0 spiro atoms. The molecule has 0 amide bonds. The van der Waals surface area contributed by atoms with Gasteiger partial charge < -0.3 is 9.80 Å². The molecule has 9 aromatic rings. The first-order valence-electron chi connectivity index (χ1n) is 23.9. The van der Waals surface area contributed by atoms with Gasteiger partial charge >= 0.3 is 0 Å². The molecule has 0 heterocycles. The van der Waals surface area contributed by atoms with Crippen molar-refractivity contribution in [1.82, 2.24) is 0 Å². The Morgan fingerprint density at radius 2 is 0.603 bits per heavy atom. The average molecular weight is 873 g/mol. The molecule has 0 unspecified atom stereocenters. The van der Waals surface area contributed by atoms with E-state index in [1.165, 1.54) is 63.8 Å². The highest BCUT2D eigenvalue weighted by atomic mass is 15.1. The summed E-state index contributed by atoms with van der Waals surface area (Å²) in [5.74, 6) is 0. The Labute approximate surface area is 401 Å². The second kappa shape index (κ2) is 19.2. The molecule has 1 fully saturated rings. The van der Waals surface area contributed by atoms with E-state index in [2.05, 4.69) is 264 Å². The van der Waals surface area contributed by atoms with Crippen LogP contribution in [0.4, 0.5) is 34.1 Å². The fourth-order valence-corrected chi connectivity index (χ4v) is 10.3. The summed E-state index contributed by atoms with van der Waals surface area (Å²) in [5, 5.41) is 0. The van der Waals surface area contributed by atoms with Gasteiger partial charge in [0, 0.05) is 39.5 Å². The van der Waals surface area contributed by atoms with Gasteiger partial charge in [-0.25, -0.2) is 0 Å². The van der Waals surface area contributed by atoms with Gasteiger partial charge in [0.25, 0.3) is 0 Å². The Morgan fingerprint density at radius 1 is 0.294 bits per heavy atom. The standard InChI is InChI=1S/C66H52N2/c1-6-16-50(17-7-1)54-24-36-60(37-25-54)67(61-38-26-55(27-39-61)51-18-8-2-9-19-51)64-44-32-58(33-45-64)66(48-14-5-15-49-66)59-34-46-65(47-35-59)68(62-40-28-56(29-41-62)52-20-10-3-11-21-52)63-42-30-57(31-43-63)53-22-12-4-13-23-53/h1-3,6-12,16-47H,5,14-15,48-49H2. The largest absolute Gasteiger partial charge is 0.311 e. The van der Waals surface area contributed by atoms with E-state index in [0.717, 1.165) is 58.1 Å². The molecule has 2 aliphatic carbocycles. The molecule has 9 aromatic carbocycles. The van der Waals surface area contributed by atoms with Crippen molar-refractivity contribution >= 4 is 39.7 Å². The number of anilines is 6. The number of hydrogen-bond acceptors (Lipinski definition) is 2. The molecule has 0 saturated heterocycles. The third kappa shape index (κ3) is 8.71. The zero-order chi connectivity index (χ0) is 45.5. The molecule has 2 heteroatoms. The van der Waals surface area contributed by atoms with E-state index in [1.54, 1.807) is 0 Å². The summed E-state index contributed by atoms with van der Waals surface area (Å²) in [6, 6.07) is 86.6. The number of nitrogens with zero attached hydrogens (tertiary/aromatic N) is 2. The van der Waals surface area contributed by atoms with Crippen LogP contribution in [0.25, 0.3) is 39.0 Å². The maximum Gasteiger partial charge on any atom is 0.0462 e. The number of benzene rings is 9. The Morgan fingerprint density at radius 3 is 0.926 bits per heavy atom. The summed E-state index contributed by atoms with van der Waals surface area (Å²) in [6.07, 6.45) is 11.9. The van der Waals surface area contributed by atoms with E-state index in [-0.39, 0.29) is 5.41 Å². The molecule has 68 heavy (non-hydrogen) atoms. The van der Waals surface area contributed by atoms with E-state index < -0.39 is 0 Å². The number of rotatable bonds is 12. The Bertz CT molecular complexity index is 3160. The van der Waals surface area contributed by atoms with Crippen LogP contribution in [-0.4, -0.2) is 0 Å². The maximum absolute atomic E-state index is 3.11. The van der Waals surface area contributed by atoms with Gasteiger partial charge in [-0.2, -0.15) is 0 Å². The average Bonchev–Trinajstić information content (AvgIpc) is 3.43. The number of allylic oxidation sites excluding steroid dienone is 4. The van der Waals surface area contributed by atoms with E-state index >= 15 is 0 Å². The van der Waals surface area contributed by atoms with Crippen LogP contribution in [0.15, 0.2) is 266 Å². The number of hydrogen-bond donors (Lipinski definition) is 0. The van der Waals surface area contributed by atoms with Crippen LogP contribution in [0.2, 0.25) is 0 Å². The predicted octanol–water partition coefficient (Wildman–Crippen LogP) is 18.1. The van der Waals surface area contributed by atoms with Crippen LogP contribution in [0.5, 0.6) is 0 Å². The Kier molecular flexibility index (Phi) is 11.9. The van der Waals surface area contributed by atoms with Gasteiger partial charge in [-0.05, 0) is 160 Å². The fraction of sp³-hybridized carbons (Fsp3) is 0.0909. The molecular formula is C66H52N2. The quantitative estimate of drug-likeness (QED) is 0.113. The highest BCUT2D eigenvalue weighted by Crippen LogP contribution is 2.47. The first-order chi connectivity index (χ1) is 33.7. The molecule has 0 N–H and O–H groups in total. The van der Waals surface area contributed by atoms with Crippen molar-refractivity contribution < 1.29 is 0 Å². The summed E-state index contributed by atoms with van der Waals surface area (Å²) >= 11 is 0. The van der Waals surface area contributed by atoms with Gasteiger partial charge in [-0.15, -0.1) is 0 Å². The van der Waals surface area contributed by atoms with Gasteiger partial charge in [0.1, 0.15) is 0 Å². The monoisotopic (exact) mass is 872 g/mol. The second-order valence-electron chi connectivity index (χ2n) is 17.9. The minimum Gasteiger partial charge on any atom is -0.311 e. The normalized spacial score (nSPS) is 13.7. The van der Waals surface area contributed by atoms with E-state index in [1.807, 2.05) is 12.2 Å². The predicted molar refractivity (Wildman–Crippen MR) is 287 cm³/mol. The van der Waals surface area contributed by atoms with Gasteiger partial charge in [0.05, 0.1) is 0 Å². The summed E-state index contributed by atoms with van der Waals surface area (Å²) in [6.45, 7) is 0. The molecule has 11 rings (SSSR count). The van der Waals surface area contributed by atoms with Crippen molar-refractivity contribution in [2.45, 2.75) is 37.5 Å². The van der Waals surface area contributed by atoms with Crippen LogP contribution >= 0.6 is 0 Å². The topological polar surface area (TPSA) is 6.48 Å². The Hall–Kier alpha value is -8.38. The van der Waals surface area contributed by atoms with Crippen LogP contribution < -0.4 is 9.80 Å². The van der Waals surface area contributed by atoms with E-state index in [4.69, 9.17) is 0 Å². The zero-order valence-corrected chi connectivity index (χ0v) is 38.2. The van der Waals surface area contributed by atoms with Crippen LogP contribution in [0.1, 0.15) is 48.8 Å². The lowest BCUT2D eigenvalue weighted by atomic mass is 9.65. The fourth-order valence-electron chi connectivity index (χ4n) is 10.3. The van der Waals surface area contributed by atoms with Crippen LogP contribution in [0.3, 0.4) is 0 Å². The summed E-state index contributed by atoms with van der Waals surface area (Å²) in [5.41, 5.74) is 25.1. The molecule has 0 radical (unpaired) electrons. The van der Waals surface area contributed by atoms with Crippen LogP contribution in [-0.2, 0) is 5.41 Å². The summed E-state index contributed by atoms with van der Waals surface area (Å²) in [4.78, 5) is 4.77. The molecule has 0 atom stereocenters. The molecule has 2 aliphatic rings. The van der Waals surface area contributed by atoms with Crippen molar-refractivity contribution in [3.05, 3.63) is 283 Å². The van der Waals surface area contributed by atoms with Gasteiger partial charge in [-0.3, -0.25) is 0 Å². The lowest BCUT2D eigenvalue weighted by Crippen LogP contribution is -2.30. The van der Waals surface area contributed by atoms with Crippen LogP contribution in [0, 0.1) is 0 Å². The first-order valence-corrected chi connectivity index (χ1v) is 23.9. The minimum atomic E-state index is -0.0806. The summed E-state index contributed by atoms with van der Waals surface area (Å²) < 4.78 is 0. The Balaban J connectivity index is 0.932. The molecule has 1 saturated carbocycles. The third-order valence-corrected chi connectivity index (χ3v) is 13.9. The highest BCUT2D eigenvalue weighted by Gasteiger charge is 2.36. The molecule has 0 aliphatic heterocycles. The van der Waals surface area contributed by atoms with Gasteiger partial charge in [0.15, 0.2) is 0 Å². The highest BCUT2D eigenvalue weighted by molar-refractivity contribution is 5.83. The zero-order valence-electron chi connectivity index (χ0n) is 38.2. The lowest BCUT2D eigenvalue weighted by Gasteiger charge is -2.39. The molecule has 0 aromatic heterocycles. The van der Waals surface area contributed by atoms with Crippen molar-refractivity contribution in [2.24, 2.45) is 0 Å². The molecule has 326 valence electrons. The van der Waals surface area contributed by atoms with Crippen molar-refractivity contribution in [3.63, 3.8) is 0 Å². The first kappa shape index (κ1) is 42.3. The van der Waals surface area contributed by atoms with Crippen molar-refractivity contribution in [1.29, 1.82) is 0 Å². The molecular weight excluding hydrogens is 821 g/mol. The molecule has 0 bridgehead atoms. The lowest BCUT2D eigenvalue weighted by molar-refractivity contribution is 0.346. The third-order valence-electron chi connectivity index (χ3n) is 13.9. The van der Waals surface area contributed by atoms with Gasteiger partial charge in [-0.1, -0.05) is 195 Å². The molecule has 2 nitrogen and oxygen atoms in total. The summed E-state index contributed by atoms with van der Waals surface area (Å²) in [7, 11) is 0. The maximum atomic E-state index is 3.11. The van der Waals surface area contributed by atoms with E-state index in [0.29, 0.717) is 0 Å². The van der Waals surface area contributed by atoms with Crippen molar-refractivity contribution in [2.75, 3.05) is 9.80 Å². The van der Waals surface area contributed by atoms with E-state index in [9.17, 15) is 0 Å². The second-order valence-corrected chi connectivity index (χ2v) is 17.9. The van der Waals surface area contributed by atoms with Gasteiger partial charge in [0.2, 0.25) is 0 Å². The SMILES string of the molecule is C1=C=CC(c2ccc(N(c3ccc(-c4ccccc4)cc3)c3ccc(C4(c5ccc(N(c6ccc(-c7ccccc7)cc6)c6ccc(-c7ccccc7)cc6)cc5)CCCCC4)cc3)cc2)=CC=1. The smallest absolute Gasteiger partial charge is 0.0462 e. The van der Waals surface area contributed by atoms with Crippen molar-refractivity contribution in [3.8, 4) is 33.4 Å².